The summed E-state index contributed by atoms with van der Waals surface area (Å²) in [5.41, 5.74) is 5.48. The highest BCUT2D eigenvalue weighted by Gasteiger charge is 2.28. The summed E-state index contributed by atoms with van der Waals surface area (Å²) in [5.74, 6) is -2.51. The van der Waals surface area contributed by atoms with Gasteiger partial charge >= 0.3 is 5.97 Å². The van der Waals surface area contributed by atoms with Crippen LogP contribution in [0.5, 0.6) is 0 Å². The predicted molar refractivity (Wildman–Crippen MR) is 163 cm³/mol. The molecule has 3 atom stereocenters. The minimum absolute atomic E-state index is 0.125. The average molecular weight is 579 g/mol. The van der Waals surface area contributed by atoms with E-state index in [1.165, 1.54) is 70.5 Å². The van der Waals surface area contributed by atoms with Crippen LogP contribution in [0.15, 0.2) is 9.98 Å². The fourth-order valence-corrected chi connectivity index (χ4v) is 4.73. The van der Waals surface area contributed by atoms with Crippen LogP contribution in [0.1, 0.15) is 122 Å². The van der Waals surface area contributed by atoms with Gasteiger partial charge in [0.15, 0.2) is 0 Å². The Hall–Kier alpha value is -2.82. The molecule has 1 heterocycles. The molecule has 0 saturated carbocycles. The van der Waals surface area contributed by atoms with E-state index in [1.54, 1.807) is 6.21 Å². The second-order valence-electron chi connectivity index (χ2n) is 10.9. The zero-order valence-electron chi connectivity index (χ0n) is 25.1. The molecule has 1 aliphatic heterocycles. The minimum atomic E-state index is -1.15. The molecule has 0 aromatic rings. The Bertz CT molecular complexity index is 807. The van der Waals surface area contributed by atoms with Gasteiger partial charge in [-0.05, 0) is 32.2 Å². The molecule has 0 spiro atoms. The number of unbranched alkanes of at least 4 members (excludes halogenated alkanes) is 13. The summed E-state index contributed by atoms with van der Waals surface area (Å²) in [4.78, 5) is 57.3. The molecule has 0 unspecified atom stereocenters. The maximum Gasteiger partial charge on any atom is 0.326 e. The van der Waals surface area contributed by atoms with Gasteiger partial charge in [0.2, 0.25) is 17.7 Å². The lowest BCUT2D eigenvalue weighted by Crippen LogP contribution is -2.54. The molecular formula is C30H54N6O5. The van der Waals surface area contributed by atoms with Crippen LogP contribution in [0, 0.1) is 0 Å². The number of rotatable bonds is 26. The SMILES string of the molecule is CCCCCCCCCCCCCCCC(=O)NCC(=O)N[C@H](C[C@H]1C=NC=N1)C(=O)N[C@@H](CCCCN)C(=O)O. The number of carboxylic acid groups (broad SMARTS) is 1. The van der Waals surface area contributed by atoms with Crippen molar-refractivity contribution < 1.29 is 24.3 Å². The molecular weight excluding hydrogens is 524 g/mol. The van der Waals surface area contributed by atoms with Gasteiger partial charge in [0.25, 0.3) is 0 Å². The summed E-state index contributed by atoms with van der Waals surface area (Å²) < 4.78 is 0. The van der Waals surface area contributed by atoms with Crippen LogP contribution in [0.25, 0.3) is 0 Å². The third kappa shape index (κ3) is 19.0. The Kier molecular flexibility index (Phi) is 21.1. The van der Waals surface area contributed by atoms with E-state index in [9.17, 15) is 24.3 Å². The van der Waals surface area contributed by atoms with Crippen molar-refractivity contribution in [1.82, 2.24) is 16.0 Å². The Morgan fingerprint density at radius 1 is 0.805 bits per heavy atom. The van der Waals surface area contributed by atoms with E-state index in [0.717, 1.165) is 19.3 Å². The lowest BCUT2D eigenvalue weighted by atomic mass is 10.0. The highest BCUT2D eigenvalue weighted by atomic mass is 16.4. The fourth-order valence-electron chi connectivity index (χ4n) is 4.73. The van der Waals surface area contributed by atoms with E-state index in [2.05, 4.69) is 32.9 Å². The maximum absolute atomic E-state index is 12.9. The standard InChI is InChI=1S/C30H54N6O5/c1-2-3-4-5-6-7-8-9-10-11-12-13-14-18-27(37)33-22-28(38)35-26(20-24-21-32-23-34-24)29(39)36-25(30(40)41)17-15-16-19-31/h21,23-26H,2-20,22,31H2,1H3,(H,33,37)(H,35,38)(H,36,39)(H,40,41)/t24-,25-,26+/m0/s1. The van der Waals surface area contributed by atoms with Crippen LogP contribution in [-0.4, -0.2) is 72.6 Å². The molecule has 1 rings (SSSR count). The second kappa shape index (κ2) is 23.8. The Balaban J connectivity index is 2.29. The van der Waals surface area contributed by atoms with E-state index in [0.29, 0.717) is 25.8 Å². The van der Waals surface area contributed by atoms with Crippen molar-refractivity contribution in [3.8, 4) is 0 Å². The largest absolute Gasteiger partial charge is 0.480 e. The molecule has 6 N–H and O–H groups in total. The highest BCUT2D eigenvalue weighted by molar-refractivity contribution is 5.92. The molecule has 0 bridgehead atoms. The summed E-state index contributed by atoms with van der Waals surface area (Å²) in [6.45, 7) is 2.41. The molecule has 234 valence electrons. The van der Waals surface area contributed by atoms with Gasteiger partial charge in [0, 0.05) is 19.1 Å². The molecule has 1 aliphatic rings. The van der Waals surface area contributed by atoms with Crippen LogP contribution in [-0.2, 0) is 19.2 Å². The van der Waals surface area contributed by atoms with Crippen LogP contribution in [0.4, 0.5) is 0 Å². The number of hydrogen-bond acceptors (Lipinski definition) is 7. The number of carbonyl (C=O) groups excluding carboxylic acids is 3. The first kappa shape index (κ1) is 36.2. The van der Waals surface area contributed by atoms with Crippen molar-refractivity contribution in [2.75, 3.05) is 13.1 Å². The Morgan fingerprint density at radius 2 is 1.41 bits per heavy atom. The summed E-state index contributed by atoms with van der Waals surface area (Å²) in [6, 6.07) is -2.52. The summed E-state index contributed by atoms with van der Waals surface area (Å²) in [6.07, 6.45) is 20.8. The molecule has 0 saturated heterocycles. The number of aliphatic imine (C=N–C) groups is 2. The third-order valence-electron chi connectivity index (χ3n) is 7.23. The van der Waals surface area contributed by atoms with E-state index >= 15 is 0 Å². The van der Waals surface area contributed by atoms with Gasteiger partial charge < -0.3 is 26.8 Å². The van der Waals surface area contributed by atoms with E-state index in [1.807, 2.05) is 0 Å². The smallest absolute Gasteiger partial charge is 0.326 e. The minimum Gasteiger partial charge on any atom is -0.480 e. The number of aliphatic carboxylic acids is 1. The normalized spacial score (nSPS) is 15.4. The van der Waals surface area contributed by atoms with Gasteiger partial charge in [0.1, 0.15) is 18.4 Å². The van der Waals surface area contributed by atoms with Gasteiger partial charge in [-0.15, -0.1) is 0 Å². The topological polar surface area (TPSA) is 175 Å². The molecule has 0 fully saturated rings. The molecule has 0 aromatic heterocycles. The van der Waals surface area contributed by atoms with Crippen LogP contribution in [0.2, 0.25) is 0 Å². The number of hydrogen-bond donors (Lipinski definition) is 5. The van der Waals surface area contributed by atoms with Crippen LogP contribution >= 0.6 is 0 Å². The first-order valence-electron chi connectivity index (χ1n) is 15.7. The van der Waals surface area contributed by atoms with Crippen LogP contribution in [0.3, 0.4) is 0 Å². The monoisotopic (exact) mass is 578 g/mol. The number of nitrogens with one attached hydrogen (secondary N) is 3. The summed E-state index contributed by atoms with van der Waals surface area (Å²) >= 11 is 0. The Morgan fingerprint density at radius 3 is 1.95 bits per heavy atom. The zero-order valence-corrected chi connectivity index (χ0v) is 25.1. The van der Waals surface area contributed by atoms with Crippen LogP contribution < -0.4 is 21.7 Å². The second-order valence-corrected chi connectivity index (χ2v) is 10.9. The molecule has 0 aliphatic carbocycles. The summed E-state index contributed by atoms with van der Waals surface area (Å²) in [7, 11) is 0. The molecule has 3 amide bonds. The molecule has 0 radical (unpaired) electrons. The molecule has 11 heteroatoms. The van der Waals surface area contributed by atoms with Crippen molar-refractivity contribution in [3.63, 3.8) is 0 Å². The van der Waals surface area contributed by atoms with Gasteiger partial charge in [-0.3, -0.25) is 19.4 Å². The van der Waals surface area contributed by atoms with Crippen molar-refractivity contribution >= 4 is 36.2 Å². The molecule has 11 nitrogen and oxygen atoms in total. The number of carboxylic acids is 1. The zero-order chi connectivity index (χ0) is 30.1. The van der Waals surface area contributed by atoms with Gasteiger partial charge in [-0.2, -0.15) is 0 Å². The average Bonchev–Trinajstić information content (AvgIpc) is 3.46. The van der Waals surface area contributed by atoms with Gasteiger partial charge in [0.05, 0.1) is 12.6 Å². The molecule has 41 heavy (non-hydrogen) atoms. The van der Waals surface area contributed by atoms with Crippen molar-refractivity contribution in [2.45, 2.75) is 141 Å². The predicted octanol–water partition coefficient (Wildman–Crippen LogP) is 3.64. The fraction of sp³-hybridized carbons (Fsp3) is 0.800. The number of nitrogens with zero attached hydrogens (tertiary/aromatic N) is 2. The lowest BCUT2D eigenvalue weighted by Gasteiger charge is -2.22. The lowest BCUT2D eigenvalue weighted by molar-refractivity contribution is -0.142. The quantitative estimate of drug-likeness (QED) is 0.0979. The maximum atomic E-state index is 12.9. The number of carbonyl (C=O) groups is 4. The first-order chi connectivity index (χ1) is 19.9. The summed E-state index contributed by atoms with van der Waals surface area (Å²) in [5, 5.41) is 17.2. The van der Waals surface area contributed by atoms with E-state index in [-0.39, 0.29) is 25.3 Å². The number of amides is 3. The van der Waals surface area contributed by atoms with E-state index in [4.69, 9.17) is 5.73 Å². The van der Waals surface area contributed by atoms with Gasteiger partial charge in [-0.1, -0.05) is 84.0 Å². The van der Waals surface area contributed by atoms with E-state index < -0.39 is 35.9 Å². The Labute approximate surface area is 246 Å². The van der Waals surface area contributed by atoms with Gasteiger partial charge in [-0.25, -0.2) is 9.79 Å². The van der Waals surface area contributed by atoms with Crippen molar-refractivity contribution in [3.05, 3.63) is 0 Å². The van der Waals surface area contributed by atoms with Crippen molar-refractivity contribution in [2.24, 2.45) is 15.7 Å². The molecule has 0 aromatic carbocycles. The van der Waals surface area contributed by atoms with Crippen molar-refractivity contribution in [1.29, 1.82) is 0 Å². The number of nitrogens with two attached hydrogens (primary N) is 1. The highest BCUT2D eigenvalue weighted by Crippen LogP contribution is 2.13. The third-order valence-corrected chi connectivity index (χ3v) is 7.23. The first-order valence-corrected chi connectivity index (χ1v) is 15.7.